The van der Waals surface area contributed by atoms with Gasteiger partial charge in [0.1, 0.15) is 5.03 Å². The number of carbonyl (C=O) groups is 1. The highest BCUT2D eigenvalue weighted by Crippen LogP contribution is 2.28. The van der Waals surface area contributed by atoms with Crippen LogP contribution in [0.15, 0.2) is 23.2 Å². The lowest BCUT2D eigenvalue weighted by molar-refractivity contribution is 0.0682. The number of thioether (sulfide) groups is 1. The van der Waals surface area contributed by atoms with E-state index in [0.29, 0.717) is 27.7 Å². The van der Waals surface area contributed by atoms with Crippen LogP contribution < -0.4 is 0 Å². The Hall–Kier alpha value is -2.10. The molecule has 0 amide bonds. The van der Waals surface area contributed by atoms with E-state index in [0.717, 1.165) is 16.9 Å². The van der Waals surface area contributed by atoms with Crippen LogP contribution in [0.3, 0.4) is 0 Å². The third kappa shape index (κ3) is 4.01. The fourth-order valence-corrected chi connectivity index (χ4v) is 3.14. The molecule has 1 aromatic carbocycles. The highest BCUT2D eigenvalue weighted by atomic mass is 35.5. The highest BCUT2D eigenvalue weighted by Gasteiger charge is 2.17. The van der Waals surface area contributed by atoms with Crippen molar-refractivity contribution in [3.05, 3.63) is 51.4 Å². The lowest BCUT2D eigenvalue weighted by Gasteiger charge is -2.12. The molecule has 118 valence electrons. The Morgan fingerprint density at radius 2 is 2.17 bits per heavy atom. The van der Waals surface area contributed by atoms with Gasteiger partial charge in [0.15, 0.2) is 0 Å². The molecule has 0 saturated heterocycles. The van der Waals surface area contributed by atoms with E-state index in [9.17, 15) is 4.79 Å². The summed E-state index contributed by atoms with van der Waals surface area (Å²) in [6.07, 6.45) is 0.485. The number of hydrogen-bond donors (Lipinski definition) is 1. The number of carboxylic acid groups (broad SMARTS) is 1. The molecular weight excluding hydrogens is 334 g/mol. The number of aromatic carboxylic acids is 1. The fourth-order valence-electron chi connectivity index (χ4n) is 2.08. The molecule has 7 heteroatoms. The number of benzene rings is 1. The molecule has 1 heterocycles. The van der Waals surface area contributed by atoms with E-state index in [1.54, 1.807) is 25.1 Å². The minimum Gasteiger partial charge on any atom is -0.475 e. The number of nitrogens with zero attached hydrogens (tertiary/aromatic N) is 3. The monoisotopic (exact) mass is 347 g/mol. The number of aromatic nitrogens is 2. The third-order valence-corrected chi connectivity index (χ3v) is 4.45. The zero-order valence-corrected chi connectivity index (χ0v) is 14.2. The van der Waals surface area contributed by atoms with Crippen LogP contribution >= 0.6 is 23.4 Å². The van der Waals surface area contributed by atoms with E-state index in [2.05, 4.69) is 9.97 Å². The summed E-state index contributed by atoms with van der Waals surface area (Å²) in [5.74, 6) is -0.578. The normalized spacial score (nSPS) is 10.3. The van der Waals surface area contributed by atoms with Gasteiger partial charge in [-0.2, -0.15) is 5.26 Å². The second kappa shape index (κ2) is 7.44. The fraction of sp³-hybridized carbons (Fsp3) is 0.250. The van der Waals surface area contributed by atoms with E-state index >= 15 is 0 Å². The molecule has 1 N–H and O–H groups in total. The van der Waals surface area contributed by atoms with Crippen molar-refractivity contribution in [2.75, 3.05) is 5.75 Å². The topological polar surface area (TPSA) is 86.9 Å². The summed E-state index contributed by atoms with van der Waals surface area (Å²) in [6, 6.07) is 7.16. The first-order valence-corrected chi connectivity index (χ1v) is 8.24. The van der Waals surface area contributed by atoms with Gasteiger partial charge in [0.2, 0.25) is 5.82 Å². The molecule has 0 atom stereocenters. The predicted molar refractivity (Wildman–Crippen MR) is 89.1 cm³/mol. The predicted octanol–water partition coefficient (Wildman–Crippen LogP) is 3.71. The number of hydrogen-bond acceptors (Lipinski definition) is 5. The Kier molecular flexibility index (Phi) is 5.59. The van der Waals surface area contributed by atoms with Crippen LogP contribution in [0, 0.1) is 18.3 Å². The SMILES string of the molecule is CCSc1nc(C(=O)O)nc(C)c1Cc1ccc(C#N)cc1Cl. The summed E-state index contributed by atoms with van der Waals surface area (Å²) in [4.78, 5) is 19.3. The molecule has 23 heavy (non-hydrogen) atoms. The lowest BCUT2D eigenvalue weighted by atomic mass is 10.0. The summed E-state index contributed by atoms with van der Waals surface area (Å²) >= 11 is 7.70. The van der Waals surface area contributed by atoms with Crippen LogP contribution in [0.25, 0.3) is 0 Å². The van der Waals surface area contributed by atoms with E-state index in [-0.39, 0.29) is 5.82 Å². The molecule has 2 aromatic rings. The summed E-state index contributed by atoms with van der Waals surface area (Å²) in [6.45, 7) is 3.74. The van der Waals surface area contributed by atoms with Crippen LogP contribution in [-0.4, -0.2) is 26.8 Å². The summed E-state index contributed by atoms with van der Waals surface area (Å²) < 4.78 is 0. The Morgan fingerprint density at radius 1 is 1.43 bits per heavy atom. The number of rotatable bonds is 5. The van der Waals surface area contributed by atoms with Gasteiger partial charge in [-0.3, -0.25) is 0 Å². The largest absolute Gasteiger partial charge is 0.475 e. The van der Waals surface area contributed by atoms with Crippen molar-refractivity contribution >= 4 is 29.3 Å². The van der Waals surface area contributed by atoms with E-state index < -0.39 is 5.97 Å². The maximum Gasteiger partial charge on any atom is 0.373 e. The molecule has 5 nitrogen and oxygen atoms in total. The Balaban J connectivity index is 2.46. The van der Waals surface area contributed by atoms with Crippen molar-refractivity contribution in [1.29, 1.82) is 5.26 Å². The second-order valence-corrected chi connectivity index (χ2v) is 6.41. The van der Waals surface area contributed by atoms with Crippen LogP contribution in [0.4, 0.5) is 0 Å². The van der Waals surface area contributed by atoms with Crippen molar-refractivity contribution in [1.82, 2.24) is 9.97 Å². The van der Waals surface area contributed by atoms with Crippen molar-refractivity contribution in [2.45, 2.75) is 25.3 Å². The molecule has 0 radical (unpaired) electrons. The highest BCUT2D eigenvalue weighted by molar-refractivity contribution is 7.99. The number of aryl methyl sites for hydroxylation is 1. The first-order chi connectivity index (χ1) is 11.0. The molecule has 0 aliphatic heterocycles. The van der Waals surface area contributed by atoms with Crippen molar-refractivity contribution in [3.63, 3.8) is 0 Å². The van der Waals surface area contributed by atoms with Gasteiger partial charge in [-0.1, -0.05) is 24.6 Å². The van der Waals surface area contributed by atoms with E-state index in [1.807, 2.05) is 13.0 Å². The van der Waals surface area contributed by atoms with Crippen molar-refractivity contribution in [2.24, 2.45) is 0 Å². The quantitative estimate of drug-likeness (QED) is 0.655. The first kappa shape index (κ1) is 17.3. The average molecular weight is 348 g/mol. The maximum absolute atomic E-state index is 11.1. The lowest BCUT2D eigenvalue weighted by Crippen LogP contribution is -2.10. The van der Waals surface area contributed by atoms with E-state index in [4.69, 9.17) is 22.0 Å². The molecule has 0 aliphatic carbocycles. The Bertz CT molecular complexity index is 803. The average Bonchev–Trinajstić information content (AvgIpc) is 2.51. The van der Waals surface area contributed by atoms with Gasteiger partial charge in [-0.05, 0) is 30.4 Å². The van der Waals surface area contributed by atoms with Gasteiger partial charge in [-0.25, -0.2) is 14.8 Å². The van der Waals surface area contributed by atoms with Crippen LogP contribution in [0.5, 0.6) is 0 Å². The molecule has 0 saturated carbocycles. The van der Waals surface area contributed by atoms with Crippen molar-refractivity contribution in [3.8, 4) is 6.07 Å². The molecule has 1 aromatic heterocycles. The number of nitriles is 1. The first-order valence-electron chi connectivity index (χ1n) is 6.88. The third-order valence-electron chi connectivity index (χ3n) is 3.20. The van der Waals surface area contributed by atoms with Gasteiger partial charge < -0.3 is 5.11 Å². The molecular formula is C16H14ClN3O2S. The van der Waals surface area contributed by atoms with Gasteiger partial charge in [0.25, 0.3) is 0 Å². The molecule has 0 aliphatic rings. The number of halogens is 1. The Labute approximate surface area is 143 Å². The number of carboxylic acids is 1. The van der Waals surface area contributed by atoms with Crippen LogP contribution in [0.1, 0.15) is 39.9 Å². The van der Waals surface area contributed by atoms with E-state index in [1.165, 1.54) is 11.8 Å². The molecule has 0 bridgehead atoms. The van der Waals surface area contributed by atoms with Crippen LogP contribution in [-0.2, 0) is 6.42 Å². The summed E-state index contributed by atoms with van der Waals surface area (Å²) in [7, 11) is 0. The van der Waals surface area contributed by atoms with Gasteiger partial charge in [0.05, 0.1) is 11.6 Å². The molecule has 0 unspecified atom stereocenters. The molecule has 0 spiro atoms. The molecule has 0 fully saturated rings. The minimum absolute atomic E-state index is 0.201. The smallest absolute Gasteiger partial charge is 0.373 e. The van der Waals surface area contributed by atoms with Gasteiger partial charge in [-0.15, -0.1) is 11.8 Å². The van der Waals surface area contributed by atoms with Crippen LogP contribution in [0.2, 0.25) is 5.02 Å². The minimum atomic E-state index is -1.14. The summed E-state index contributed by atoms with van der Waals surface area (Å²) in [5.41, 5.74) is 2.82. The van der Waals surface area contributed by atoms with Crippen molar-refractivity contribution < 1.29 is 9.90 Å². The maximum atomic E-state index is 11.1. The second-order valence-electron chi connectivity index (χ2n) is 4.75. The Morgan fingerprint density at radius 3 is 2.74 bits per heavy atom. The van der Waals surface area contributed by atoms with Gasteiger partial charge >= 0.3 is 5.97 Å². The zero-order chi connectivity index (χ0) is 17.0. The zero-order valence-electron chi connectivity index (χ0n) is 12.6. The van der Waals surface area contributed by atoms with Gasteiger partial charge in [0, 0.05) is 22.7 Å². The molecule has 2 rings (SSSR count). The standard InChI is InChI=1S/C16H14ClN3O2S/c1-3-23-15-12(9(2)19-14(20-15)16(21)22)7-11-5-4-10(8-18)6-13(11)17/h4-6H,3,7H2,1-2H3,(H,21,22). The summed E-state index contributed by atoms with van der Waals surface area (Å²) in [5, 5.41) is 19.1.